The molecule has 0 saturated carbocycles. The summed E-state index contributed by atoms with van der Waals surface area (Å²) in [6.45, 7) is 0. The quantitative estimate of drug-likeness (QED) is 0.180. The van der Waals surface area contributed by atoms with Crippen molar-refractivity contribution in [3.05, 3.63) is 188 Å². The van der Waals surface area contributed by atoms with E-state index in [0.717, 1.165) is 17.1 Å². The van der Waals surface area contributed by atoms with E-state index in [1.165, 1.54) is 76.5 Å². The minimum Gasteiger partial charge on any atom is -0.309 e. The Hall–Kier alpha value is -6.84. The maximum atomic E-state index is 2.46. The Labute approximate surface area is 294 Å². The van der Waals surface area contributed by atoms with Gasteiger partial charge in [0.25, 0.3) is 0 Å². The summed E-state index contributed by atoms with van der Waals surface area (Å²) in [6, 6.07) is 68.4. The first-order valence-electron chi connectivity index (χ1n) is 17.5. The van der Waals surface area contributed by atoms with Crippen LogP contribution in [-0.2, 0) is 0 Å². The zero-order valence-electron chi connectivity index (χ0n) is 27.7. The molecule has 3 heteroatoms. The predicted molar refractivity (Wildman–Crippen MR) is 215 cm³/mol. The molecule has 0 spiro atoms. The second kappa shape index (κ2) is 10.8. The van der Waals surface area contributed by atoms with Gasteiger partial charge in [-0.05, 0) is 77.9 Å². The number of benzene rings is 8. The van der Waals surface area contributed by atoms with Gasteiger partial charge in [0.05, 0.1) is 33.1 Å². The van der Waals surface area contributed by atoms with Crippen molar-refractivity contribution in [2.45, 2.75) is 0 Å². The molecule has 0 aliphatic heterocycles. The molecule has 51 heavy (non-hydrogen) atoms. The molecule has 0 atom stereocenters. The number of rotatable bonds is 4. The van der Waals surface area contributed by atoms with E-state index in [4.69, 9.17) is 0 Å². The summed E-state index contributed by atoms with van der Waals surface area (Å²) < 4.78 is 7.30. The zero-order chi connectivity index (χ0) is 33.5. The van der Waals surface area contributed by atoms with E-state index in [2.05, 4.69) is 202 Å². The SMILES string of the molecule is c1ccc(-n2c3ccccc3c3ccc4c5cc(-c6cccc(-n7c8ccccc8c8ccccc87)c6)ccc5n(-c5ccccc5)c4c32)cc1. The van der Waals surface area contributed by atoms with E-state index in [0.29, 0.717) is 0 Å². The summed E-state index contributed by atoms with van der Waals surface area (Å²) in [6.07, 6.45) is 0. The molecule has 0 saturated heterocycles. The van der Waals surface area contributed by atoms with Gasteiger partial charge in [-0.2, -0.15) is 0 Å². The molecule has 3 aromatic heterocycles. The van der Waals surface area contributed by atoms with Crippen molar-refractivity contribution >= 4 is 65.4 Å². The van der Waals surface area contributed by atoms with Crippen molar-refractivity contribution in [1.82, 2.24) is 13.7 Å². The van der Waals surface area contributed by atoms with E-state index in [1.54, 1.807) is 0 Å². The van der Waals surface area contributed by atoms with Crippen LogP contribution in [0.4, 0.5) is 0 Å². The molecule has 0 radical (unpaired) electrons. The van der Waals surface area contributed by atoms with Crippen molar-refractivity contribution in [3.63, 3.8) is 0 Å². The second-order valence-electron chi connectivity index (χ2n) is 13.4. The smallest absolute Gasteiger partial charge is 0.0788 e. The van der Waals surface area contributed by atoms with E-state index >= 15 is 0 Å². The minimum absolute atomic E-state index is 1.15. The first-order valence-corrected chi connectivity index (χ1v) is 17.5. The van der Waals surface area contributed by atoms with E-state index in [1.807, 2.05) is 0 Å². The van der Waals surface area contributed by atoms with Crippen molar-refractivity contribution in [2.24, 2.45) is 0 Å². The van der Waals surface area contributed by atoms with Gasteiger partial charge < -0.3 is 13.7 Å². The summed E-state index contributed by atoms with van der Waals surface area (Å²) in [5, 5.41) is 7.52. The summed E-state index contributed by atoms with van der Waals surface area (Å²) in [4.78, 5) is 0. The lowest BCUT2D eigenvalue weighted by Crippen LogP contribution is -1.98. The Bertz CT molecular complexity index is 3070. The molecule has 0 aliphatic rings. The Morgan fingerprint density at radius 3 is 1.25 bits per heavy atom. The van der Waals surface area contributed by atoms with Crippen LogP contribution < -0.4 is 0 Å². The van der Waals surface area contributed by atoms with Crippen LogP contribution in [0.5, 0.6) is 0 Å². The lowest BCUT2D eigenvalue weighted by molar-refractivity contribution is 1.15. The van der Waals surface area contributed by atoms with Crippen LogP contribution in [0.1, 0.15) is 0 Å². The van der Waals surface area contributed by atoms with Gasteiger partial charge in [0.1, 0.15) is 0 Å². The van der Waals surface area contributed by atoms with Crippen molar-refractivity contribution < 1.29 is 0 Å². The Balaban J connectivity index is 1.20. The van der Waals surface area contributed by atoms with Gasteiger partial charge in [-0.15, -0.1) is 0 Å². The molecule has 0 fully saturated rings. The number of fused-ring (bicyclic) bond motifs is 10. The summed E-state index contributed by atoms with van der Waals surface area (Å²) >= 11 is 0. The summed E-state index contributed by atoms with van der Waals surface area (Å²) in [5.74, 6) is 0. The second-order valence-corrected chi connectivity index (χ2v) is 13.4. The fraction of sp³-hybridized carbons (Fsp3) is 0. The normalized spacial score (nSPS) is 11.9. The number of hydrogen-bond acceptors (Lipinski definition) is 0. The molecular formula is C48H31N3. The van der Waals surface area contributed by atoms with Crippen molar-refractivity contribution in [2.75, 3.05) is 0 Å². The van der Waals surface area contributed by atoms with Crippen molar-refractivity contribution in [1.29, 1.82) is 0 Å². The minimum atomic E-state index is 1.15. The van der Waals surface area contributed by atoms with Gasteiger partial charge in [-0.3, -0.25) is 0 Å². The molecule has 8 aromatic carbocycles. The van der Waals surface area contributed by atoms with Crippen molar-refractivity contribution in [3.8, 4) is 28.2 Å². The molecule has 0 amide bonds. The monoisotopic (exact) mass is 649 g/mol. The van der Waals surface area contributed by atoms with Gasteiger partial charge >= 0.3 is 0 Å². The Kier molecular flexibility index (Phi) is 5.96. The van der Waals surface area contributed by atoms with Gasteiger partial charge in [-0.1, -0.05) is 121 Å². The van der Waals surface area contributed by atoms with E-state index in [-0.39, 0.29) is 0 Å². The average Bonchev–Trinajstić information content (AvgIpc) is 3.84. The summed E-state index contributed by atoms with van der Waals surface area (Å²) in [5.41, 5.74) is 13.1. The third-order valence-corrected chi connectivity index (χ3v) is 10.6. The van der Waals surface area contributed by atoms with E-state index in [9.17, 15) is 0 Å². The molecule has 0 bridgehead atoms. The summed E-state index contributed by atoms with van der Waals surface area (Å²) in [7, 11) is 0. The Morgan fingerprint density at radius 1 is 0.235 bits per heavy atom. The lowest BCUT2D eigenvalue weighted by atomic mass is 10.0. The molecule has 3 nitrogen and oxygen atoms in total. The molecular weight excluding hydrogens is 619 g/mol. The van der Waals surface area contributed by atoms with Crippen LogP contribution in [-0.4, -0.2) is 13.7 Å². The number of nitrogens with zero attached hydrogens (tertiary/aromatic N) is 3. The van der Waals surface area contributed by atoms with E-state index < -0.39 is 0 Å². The largest absolute Gasteiger partial charge is 0.309 e. The van der Waals surface area contributed by atoms with Gasteiger partial charge in [0.15, 0.2) is 0 Å². The van der Waals surface area contributed by atoms with Crippen LogP contribution in [0.3, 0.4) is 0 Å². The molecule has 11 aromatic rings. The molecule has 0 aliphatic carbocycles. The van der Waals surface area contributed by atoms with Crippen LogP contribution in [0, 0.1) is 0 Å². The van der Waals surface area contributed by atoms with Crippen LogP contribution in [0.2, 0.25) is 0 Å². The molecule has 0 N–H and O–H groups in total. The maximum absolute atomic E-state index is 2.46. The first kappa shape index (κ1) is 28.0. The standard InChI is InChI=1S/C48H31N3/c1-3-15-34(16-4-1)50-45-25-12-9-22-39(45)40-27-28-41-42-31-33(26-29-46(42)51(48(41)47(40)50)35-17-5-2-6-18-35)32-14-13-19-36(30-32)49-43-23-10-7-20-37(43)38-21-8-11-24-44(38)49/h1-31H. The van der Waals surface area contributed by atoms with Gasteiger partial charge in [-0.25, -0.2) is 0 Å². The Morgan fingerprint density at radius 2 is 0.667 bits per heavy atom. The molecule has 11 rings (SSSR count). The highest BCUT2D eigenvalue weighted by Gasteiger charge is 2.21. The first-order chi connectivity index (χ1) is 25.3. The number of para-hydroxylation sites is 5. The number of hydrogen-bond donors (Lipinski definition) is 0. The molecule has 238 valence electrons. The maximum Gasteiger partial charge on any atom is 0.0788 e. The zero-order valence-corrected chi connectivity index (χ0v) is 27.7. The highest BCUT2D eigenvalue weighted by Crippen LogP contribution is 2.43. The van der Waals surface area contributed by atoms with Gasteiger partial charge in [0, 0.05) is 49.4 Å². The topological polar surface area (TPSA) is 14.8 Å². The highest BCUT2D eigenvalue weighted by molar-refractivity contribution is 6.24. The molecule has 0 unspecified atom stereocenters. The van der Waals surface area contributed by atoms with Gasteiger partial charge in [0.2, 0.25) is 0 Å². The third kappa shape index (κ3) is 4.06. The predicted octanol–water partition coefficient (Wildman–Crippen LogP) is 12.6. The fourth-order valence-corrected chi connectivity index (χ4v) is 8.45. The van der Waals surface area contributed by atoms with Crippen LogP contribution in [0.25, 0.3) is 93.6 Å². The molecule has 3 heterocycles. The lowest BCUT2D eigenvalue weighted by Gasteiger charge is -2.12. The third-order valence-electron chi connectivity index (χ3n) is 10.6. The highest BCUT2D eigenvalue weighted by atomic mass is 15.0. The van der Waals surface area contributed by atoms with Crippen LogP contribution >= 0.6 is 0 Å². The van der Waals surface area contributed by atoms with Crippen LogP contribution in [0.15, 0.2) is 188 Å². The average molecular weight is 650 g/mol. The fourth-order valence-electron chi connectivity index (χ4n) is 8.45. The number of aromatic nitrogens is 3.